The molecular weight excluding hydrogens is 434 g/mol. The zero-order valence-electron chi connectivity index (χ0n) is 18.4. The van der Waals surface area contributed by atoms with Crippen LogP contribution in [0.25, 0.3) is 0 Å². The first-order valence-electron chi connectivity index (χ1n) is 10.0. The zero-order chi connectivity index (χ0) is 23.8. The summed E-state index contributed by atoms with van der Waals surface area (Å²) >= 11 is 1.29. The monoisotopic (exact) mass is 459 g/mol. The van der Waals surface area contributed by atoms with Gasteiger partial charge in [0.15, 0.2) is 0 Å². The fourth-order valence-electron chi connectivity index (χ4n) is 3.40. The number of nitrogens with zero attached hydrogens (tertiary/aromatic N) is 3. The highest BCUT2D eigenvalue weighted by Gasteiger charge is 2.41. The molecule has 1 heterocycles. The van der Waals surface area contributed by atoms with E-state index in [0.29, 0.717) is 22.0 Å². The third-order valence-electron chi connectivity index (χ3n) is 4.86. The standard InChI is InChI=1S/C22H25N3O6S/c1-5-30-21(26)17-14(3)24(4)20(32-12-8-11-23)19(22(27)31-6-2)18(17)15-9-7-10-16(13-15)25(28)29/h7,9-10,13,18H,5-6,8,12H2,1-4H3. The molecule has 0 saturated carbocycles. The number of benzene rings is 1. The molecular formula is C22H25N3O6S. The Hall–Kier alpha value is -3.32. The molecule has 0 spiro atoms. The number of non-ortho nitro benzene ring substituents is 1. The van der Waals surface area contributed by atoms with Crippen LogP contribution < -0.4 is 0 Å². The maximum atomic E-state index is 13.1. The van der Waals surface area contributed by atoms with E-state index in [1.807, 2.05) is 0 Å². The number of ether oxygens (including phenoxy) is 2. The molecule has 0 fully saturated rings. The molecule has 1 atom stereocenters. The molecule has 0 aliphatic carbocycles. The number of thioether (sulfide) groups is 1. The minimum atomic E-state index is -0.922. The maximum absolute atomic E-state index is 13.1. The van der Waals surface area contributed by atoms with Crippen molar-refractivity contribution < 1.29 is 24.0 Å². The van der Waals surface area contributed by atoms with Gasteiger partial charge >= 0.3 is 11.9 Å². The quantitative estimate of drug-likeness (QED) is 0.234. The van der Waals surface area contributed by atoms with Gasteiger partial charge in [-0.3, -0.25) is 10.1 Å². The number of nitriles is 1. The molecule has 1 aromatic rings. The third kappa shape index (κ3) is 5.29. The number of carbonyl (C=O) groups is 2. The van der Waals surface area contributed by atoms with E-state index in [9.17, 15) is 19.7 Å². The highest BCUT2D eigenvalue weighted by molar-refractivity contribution is 8.03. The summed E-state index contributed by atoms with van der Waals surface area (Å²) in [5, 5.41) is 20.9. The molecule has 10 heteroatoms. The number of rotatable bonds is 9. The molecule has 2 rings (SSSR count). The van der Waals surface area contributed by atoms with E-state index in [1.54, 1.807) is 38.8 Å². The second-order valence-electron chi connectivity index (χ2n) is 6.76. The van der Waals surface area contributed by atoms with Crippen LogP contribution in [-0.4, -0.2) is 47.8 Å². The van der Waals surface area contributed by atoms with Gasteiger partial charge in [-0.1, -0.05) is 12.1 Å². The van der Waals surface area contributed by atoms with Gasteiger partial charge in [0, 0.05) is 37.1 Å². The molecule has 0 N–H and O–H groups in total. The van der Waals surface area contributed by atoms with Crippen molar-refractivity contribution in [3.05, 3.63) is 61.8 Å². The van der Waals surface area contributed by atoms with E-state index < -0.39 is 22.8 Å². The summed E-state index contributed by atoms with van der Waals surface area (Å²) in [6.45, 7) is 5.31. The van der Waals surface area contributed by atoms with Gasteiger partial charge in [0.05, 0.1) is 46.3 Å². The molecule has 0 bridgehead atoms. The normalized spacial score (nSPS) is 16.0. The summed E-state index contributed by atoms with van der Waals surface area (Å²) in [4.78, 5) is 38.7. The minimum Gasteiger partial charge on any atom is -0.463 e. The second-order valence-corrected chi connectivity index (χ2v) is 7.84. The van der Waals surface area contributed by atoms with Crippen molar-refractivity contribution in [3.8, 4) is 6.07 Å². The topological polar surface area (TPSA) is 123 Å². The number of nitro groups is 1. The number of nitro benzene ring substituents is 1. The Morgan fingerprint density at radius 3 is 2.41 bits per heavy atom. The van der Waals surface area contributed by atoms with Gasteiger partial charge in [0.25, 0.3) is 5.69 Å². The predicted molar refractivity (Wildman–Crippen MR) is 119 cm³/mol. The Balaban J connectivity index is 2.81. The van der Waals surface area contributed by atoms with E-state index in [2.05, 4.69) is 6.07 Å². The molecule has 1 unspecified atom stereocenters. The first-order chi connectivity index (χ1) is 15.3. The summed E-state index contributed by atoms with van der Waals surface area (Å²) in [5.41, 5.74) is 1.18. The van der Waals surface area contributed by atoms with E-state index in [1.165, 1.54) is 30.0 Å². The maximum Gasteiger partial charge on any atom is 0.337 e. The van der Waals surface area contributed by atoms with Crippen molar-refractivity contribution in [3.63, 3.8) is 0 Å². The SMILES string of the molecule is CCOC(=O)C1=C(C)N(C)C(SCCC#N)=C(C(=O)OCC)C1c1cccc([N+](=O)[O-])c1. The number of carbonyl (C=O) groups excluding carboxylic acids is 2. The zero-order valence-corrected chi connectivity index (χ0v) is 19.2. The van der Waals surface area contributed by atoms with E-state index in [0.717, 1.165) is 0 Å². The average Bonchev–Trinajstić information content (AvgIpc) is 2.76. The Kier molecular flexibility index (Phi) is 8.84. The van der Waals surface area contributed by atoms with Gasteiger partial charge < -0.3 is 14.4 Å². The Morgan fingerprint density at radius 2 is 1.84 bits per heavy atom. The highest BCUT2D eigenvalue weighted by Crippen LogP contribution is 2.46. The van der Waals surface area contributed by atoms with Crippen molar-refractivity contribution >= 4 is 29.4 Å². The minimum absolute atomic E-state index is 0.112. The number of hydrogen-bond acceptors (Lipinski definition) is 9. The van der Waals surface area contributed by atoms with Gasteiger partial charge in [-0.05, 0) is 26.3 Å². The van der Waals surface area contributed by atoms with Gasteiger partial charge in [0.2, 0.25) is 0 Å². The Bertz CT molecular complexity index is 1010. The molecule has 32 heavy (non-hydrogen) atoms. The van der Waals surface area contributed by atoms with E-state index >= 15 is 0 Å². The summed E-state index contributed by atoms with van der Waals surface area (Å²) in [6, 6.07) is 7.90. The van der Waals surface area contributed by atoms with E-state index in [4.69, 9.17) is 14.7 Å². The van der Waals surface area contributed by atoms with Crippen LogP contribution in [0.15, 0.2) is 46.1 Å². The van der Waals surface area contributed by atoms with Crippen molar-refractivity contribution in [2.45, 2.75) is 33.1 Å². The van der Waals surface area contributed by atoms with Crippen LogP contribution >= 0.6 is 11.8 Å². The first kappa shape index (κ1) is 24.9. The molecule has 0 radical (unpaired) electrons. The first-order valence-corrected chi connectivity index (χ1v) is 11.0. The molecule has 1 aliphatic rings. The molecule has 0 saturated heterocycles. The molecule has 170 valence electrons. The number of hydrogen-bond donors (Lipinski definition) is 0. The summed E-state index contributed by atoms with van der Waals surface area (Å²) in [6.07, 6.45) is 0.257. The summed E-state index contributed by atoms with van der Waals surface area (Å²) in [7, 11) is 1.71. The summed E-state index contributed by atoms with van der Waals surface area (Å²) < 4.78 is 10.6. The molecule has 0 aromatic heterocycles. The fourth-order valence-corrected chi connectivity index (χ4v) is 4.47. The molecule has 1 aliphatic heterocycles. The van der Waals surface area contributed by atoms with Crippen molar-refractivity contribution in [2.24, 2.45) is 0 Å². The third-order valence-corrected chi connectivity index (χ3v) is 6.04. The largest absolute Gasteiger partial charge is 0.463 e. The predicted octanol–water partition coefficient (Wildman–Crippen LogP) is 3.88. The Morgan fingerprint density at radius 1 is 1.22 bits per heavy atom. The average molecular weight is 460 g/mol. The van der Waals surface area contributed by atoms with Crippen LogP contribution in [0, 0.1) is 21.4 Å². The van der Waals surface area contributed by atoms with Crippen molar-refractivity contribution in [2.75, 3.05) is 26.0 Å². The number of esters is 2. The van der Waals surface area contributed by atoms with Crippen LogP contribution in [0.3, 0.4) is 0 Å². The van der Waals surface area contributed by atoms with Crippen molar-refractivity contribution in [1.29, 1.82) is 5.26 Å². The smallest absolute Gasteiger partial charge is 0.337 e. The Labute approximate surface area is 190 Å². The molecule has 1 aromatic carbocycles. The van der Waals surface area contributed by atoms with Gasteiger partial charge in [-0.2, -0.15) is 5.26 Å². The van der Waals surface area contributed by atoms with Crippen LogP contribution in [0.1, 0.15) is 38.7 Å². The van der Waals surface area contributed by atoms with Crippen LogP contribution in [-0.2, 0) is 19.1 Å². The lowest BCUT2D eigenvalue weighted by Gasteiger charge is -2.36. The summed E-state index contributed by atoms with van der Waals surface area (Å²) in [5.74, 6) is -1.75. The lowest BCUT2D eigenvalue weighted by molar-refractivity contribution is -0.384. The lowest BCUT2D eigenvalue weighted by atomic mass is 9.81. The van der Waals surface area contributed by atoms with Gasteiger partial charge in [-0.25, -0.2) is 9.59 Å². The lowest BCUT2D eigenvalue weighted by Crippen LogP contribution is -2.33. The van der Waals surface area contributed by atoms with Crippen LogP contribution in [0.2, 0.25) is 0 Å². The van der Waals surface area contributed by atoms with Crippen LogP contribution in [0.4, 0.5) is 5.69 Å². The molecule has 9 nitrogen and oxygen atoms in total. The van der Waals surface area contributed by atoms with Gasteiger partial charge in [-0.15, -0.1) is 11.8 Å². The highest BCUT2D eigenvalue weighted by atomic mass is 32.2. The van der Waals surface area contributed by atoms with E-state index in [-0.39, 0.29) is 36.5 Å². The second kappa shape index (κ2) is 11.3. The van der Waals surface area contributed by atoms with Crippen molar-refractivity contribution in [1.82, 2.24) is 4.90 Å². The fraction of sp³-hybridized carbons (Fsp3) is 0.409. The molecule has 0 amide bonds. The van der Waals surface area contributed by atoms with Gasteiger partial charge in [0.1, 0.15) is 0 Å². The number of allylic oxidation sites excluding steroid dienone is 1. The van der Waals surface area contributed by atoms with Crippen LogP contribution in [0.5, 0.6) is 0 Å².